The van der Waals surface area contributed by atoms with Crippen molar-refractivity contribution in [2.24, 2.45) is 11.7 Å². The van der Waals surface area contributed by atoms with E-state index in [0.29, 0.717) is 16.9 Å². The van der Waals surface area contributed by atoms with Crippen LogP contribution in [0.4, 0.5) is 11.4 Å². The second kappa shape index (κ2) is 8.69. The molecule has 3 rings (SSSR count). The average molecular weight is 364 g/mol. The van der Waals surface area contributed by atoms with Crippen molar-refractivity contribution in [2.45, 2.75) is 31.7 Å². The molecule has 1 aliphatic rings. The molecule has 2 unspecified atom stereocenters. The maximum absolute atomic E-state index is 12.4. The molecular weight excluding hydrogens is 342 g/mol. The van der Waals surface area contributed by atoms with E-state index in [4.69, 9.17) is 10.2 Å². The van der Waals surface area contributed by atoms with Crippen LogP contribution in [0.3, 0.4) is 0 Å². The number of nitrogens with two attached hydrogens (primary N) is 1. The number of hydrogen-bond acceptors (Lipinski definition) is 4. The fourth-order valence-electron chi connectivity index (χ4n) is 2.98. The summed E-state index contributed by atoms with van der Waals surface area (Å²) in [5.74, 6) is -0.313. The van der Waals surface area contributed by atoms with Crippen LogP contribution in [0.1, 0.15) is 36.0 Å². The topological polar surface area (TPSA) is 97.4 Å². The lowest BCUT2D eigenvalue weighted by molar-refractivity contribution is -0.120. The van der Waals surface area contributed by atoms with Gasteiger partial charge in [0.15, 0.2) is 0 Å². The van der Waals surface area contributed by atoms with E-state index < -0.39 is 0 Å². The van der Waals surface area contributed by atoms with Crippen molar-refractivity contribution in [3.05, 3.63) is 48.4 Å². The number of nitrogens with one attached hydrogen (secondary N) is 2. The van der Waals surface area contributed by atoms with Crippen molar-refractivity contribution in [1.29, 1.82) is 0 Å². The molecule has 0 bridgehead atoms. The number of furan rings is 1. The third kappa shape index (κ3) is 5.08. The highest BCUT2D eigenvalue weighted by Crippen LogP contribution is 2.25. The van der Waals surface area contributed by atoms with Crippen molar-refractivity contribution >= 4 is 35.6 Å². The number of rotatable bonds is 4. The third-order valence-corrected chi connectivity index (χ3v) is 4.26. The minimum absolute atomic E-state index is 0. The lowest BCUT2D eigenvalue weighted by Crippen LogP contribution is -2.34. The zero-order valence-corrected chi connectivity index (χ0v) is 14.6. The summed E-state index contributed by atoms with van der Waals surface area (Å²) < 4.78 is 4.90. The summed E-state index contributed by atoms with van der Waals surface area (Å²) in [6.07, 6.45) is 6.40. The molecule has 1 fully saturated rings. The second-order valence-corrected chi connectivity index (χ2v) is 6.16. The Bertz CT molecular complexity index is 718. The molecule has 2 atom stereocenters. The molecular formula is C18H22ClN3O3. The molecule has 2 aromatic rings. The number of halogens is 1. The number of anilines is 2. The maximum Gasteiger partial charge on any atom is 0.258 e. The van der Waals surface area contributed by atoms with Crippen LogP contribution >= 0.6 is 12.4 Å². The van der Waals surface area contributed by atoms with Gasteiger partial charge >= 0.3 is 0 Å². The molecule has 0 spiro atoms. The first-order valence-electron chi connectivity index (χ1n) is 8.12. The van der Waals surface area contributed by atoms with E-state index in [1.807, 2.05) is 0 Å². The van der Waals surface area contributed by atoms with Gasteiger partial charge in [-0.3, -0.25) is 9.59 Å². The van der Waals surface area contributed by atoms with Gasteiger partial charge in [-0.25, -0.2) is 0 Å². The van der Waals surface area contributed by atoms with Crippen LogP contribution in [0.25, 0.3) is 0 Å². The normalized spacial score (nSPS) is 19.6. The van der Waals surface area contributed by atoms with Gasteiger partial charge in [0.25, 0.3) is 5.91 Å². The monoisotopic (exact) mass is 363 g/mol. The summed E-state index contributed by atoms with van der Waals surface area (Å²) in [4.78, 5) is 24.4. The standard InChI is InChI=1S/C18H21N3O3.ClH/c19-14-4-1-3-12(9-14)17(22)20-15-5-2-6-16(10-15)21-18(23)13-7-8-24-11-13;/h2,5-8,10-12,14H,1,3-4,9,19H2,(H,20,22)(H,21,23);1H. The number of amides is 2. The predicted molar refractivity (Wildman–Crippen MR) is 98.9 cm³/mol. The summed E-state index contributed by atoms with van der Waals surface area (Å²) >= 11 is 0. The highest BCUT2D eigenvalue weighted by Gasteiger charge is 2.25. The molecule has 0 radical (unpaired) electrons. The van der Waals surface area contributed by atoms with Gasteiger partial charge in [-0.1, -0.05) is 12.5 Å². The molecule has 1 saturated carbocycles. The van der Waals surface area contributed by atoms with Crippen molar-refractivity contribution in [1.82, 2.24) is 0 Å². The molecule has 6 nitrogen and oxygen atoms in total. The quantitative estimate of drug-likeness (QED) is 0.775. The van der Waals surface area contributed by atoms with Gasteiger partial charge in [-0.2, -0.15) is 0 Å². The number of carbonyl (C=O) groups excluding carboxylic acids is 2. The van der Waals surface area contributed by atoms with E-state index in [-0.39, 0.29) is 36.2 Å². The maximum atomic E-state index is 12.4. The van der Waals surface area contributed by atoms with E-state index in [1.165, 1.54) is 12.5 Å². The molecule has 134 valence electrons. The molecule has 1 aliphatic carbocycles. The number of hydrogen-bond donors (Lipinski definition) is 3. The Labute approximate surface area is 152 Å². The predicted octanol–water partition coefficient (Wildman–Crippen LogP) is 3.41. The van der Waals surface area contributed by atoms with Crippen LogP contribution in [-0.2, 0) is 4.79 Å². The van der Waals surface area contributed by atoms with Crippen molar-refractivity contribution < 1.29 is 14.0 Å². The molecule has 2 amide bonds. The summed E-state index contributed by atoms with van der Waals surface area (Å²) in [6, 6.07) is 8.78. The zero-order chi connectivity index (χ0) is 16.9. The fraction of sp³-hybridized carbons (Fsp3) is 0.333. The molecule has 1 aromatic carbocycles. The van der Waals surface area contributed by atoms with Crippen LogP contribution in [0.15, 0.2) is 47.3 Å². The summed E-state index contributed by atoms with van der Waals surface area (Å²) in [7, 11) is 0. The smallest absolute Gasteiger partial charge is 0.258 e. The minimum atomic E-state index is -0.259. The average Bonchev–Trinajstić information content (AvgIpc) is 3.10. The Kier molecular flexibility index (Phi) is 6.61. The molecule has 1 aromatic heterocycles. The van der Waals surface area contributed by atoms with Gasteiger partial charge in [0.05, 0.1) is 11.8 Å². The highest BCUT2D eigenvalue weighted by molar-refractivity contribution is 6.04. The summed E-state index contributed by atoms with van der Waals surface area (Å²) in [6.45, 7) is 0. The van der Waals surface area contributed by atoms with Gasteiger partial charge in [0.2, 0.25) is 5.91 Å². The first kappa shape index (κ1) is 19.0. The Morgan fingerprint density at radius 3 is 2.56 bits per heavy atom. The van der Waals surface area contributed by atoms with Gasteiger partial charge in [0, 0.05) is 23.3 Å². The van der Waals surface area contributed by atoms with Gasteiger partial charge in [-0.05, 0) is 43.5 Å². The minimum Gasteiger partial charge on any atom is -0.472 e. The summed E-state index contributed by atoms with van der Waals surface area (Å²) in [5.41, 5.74) is 7.66. The third-order valence-electron chi connectivity index (χ3n) is 4.26. The van der Waals surface area contributed by atoms with Crippen LogP contribution in [0.5, 0.6) is 0 Å². The Balaban J connectivity index is 0.00000225. The molecule has 0 aliphatic heterocycles. The van der Waals surface area contributed by atoms with E-state index >= 15 is 0 Å². The van der Waals surface area contributed by atoms with Gasteiger partial charge in [-0.15, -0.1) is 12.4 Å². The zero-order valence-electron chi connectivity index (χ0n) is 13.7. The SMILES string of the molecule is Cl.NC1CCCC(C(=O)Nc2cccc(NC(=O)c3ccoc3)c2)C1. The van der Waals surface area contributed by atoms with Crippen LogP contribution in [-0.4, -0.2) is 17.9 Å². The lowest BCUT2D eigenvalue weighted by atomic mass is 9.85. The van der Waals surface area contributed by atoms with E-state index in [1.54, 1.807) is 30.3 Å². The van der Waals surface area contributed by atoms with Crippen LogP contribution < -0.4 is 16.4 Å². The first-order chi connectivity index (χ1) is 11.6. The molecule has 1 heterocycles. The van der Waals surface area contributed by atoms with Crippen LogP contribution in [0.2, 0.25) is 0 Å². The van der Waals surface area contributed by atoms with E-state index in [9.17, 15) is 9.59 Å². The molecule has 25 heavy (non-hydrogen) atoms. The molecule has 0 saturated heterocycles. The van der Waals surface area contributed by atoms with Crippen molar-refractivity contribution in [3.63, 3.8) is 0 Å². The highest BCUT2D eigenvalue weighted by atomic mass is 35.5. The Morgan fingerprint density at radius 2 is 1.88 bits per heavy atom. The van der Waals surface area contributed by atoms with Crippen molar-refractivity contribution in [3.8, 4) is 0 Å². The van der Waals surface area contributed by atoms with E-state index in [0.717, 1.165) is 25.7 Å². The lowest BCUT2D eigenvalue weighted by Gasteiger charge is -2.25. The fourth-order valence-corrected chi connectivity index (χ4v) is 2.98. The summed E-state index contributed by atoms with van der Waals surface area (Å²) in [5, 5.41) is 5.69. The second-order valence-electron chi connectivity index (χ2n) is 6.16. The molecule has 7 heteroatoms. The van der Waals surface area contributed by atoms with Crippen molar-refractivity contribution in [2.75, 3.05) is 10.6 Å². The number of benzene rings is 1. The Hall–Kier alpha value is -2.31. The largest absolute Gasteiger partial charge is 0.472 e. The first-order valence-corrected chi connectivity index (χ1v) is 8.12. The van der Waals surface area contributed by atoms with Gasteiger partial charge < -0.3 is 20.8 Å². The molecule has 4 N–H and O–H groups in total. The number of carbonyl (C=O) groups is 2. The Morgan fingerprint density at radius 1 is 1.12 bits per heavy atom. The van der Waals surface area contributed by atoms with Gasteiger partial charge in [0.1, 0.15) is 6.26 Å². The van der Waals surface area contributed by atoms with E-state index in [2.05, 4.69) is 10.6 Å². The van der Waals surface area contributed by atoms with Crippen LogP contribution in [0, 0.1) is 5.92 Å².